The van der Waals surface area contributed by atoms with Crippen molar-refractivity contribution >= 4 is 16.5 Å². The summed E-state index contributed by atoms with van der Waals surface area (Å²) in [7, 11) is 0. The predicted molar refractivity (Wildman–Crippen MR) is 70.4 cm³/mol. The minimum atomic E-state index is 1.02. The van der Waals surface area contributed by atoms with Gasteiger partial charge in [-0.15, -0.1) is 11.3 Å². The van der Waals surface area contributed by atoms with Crippen LogP contribution in [0.4, 0.5) is 5.13 Å². The van der Waals surface area contributed by atoms with Crippen molar-refractivity contribution in [2.75, 3.05) is 31.5 Å². The highest BCUT2D eigenvalue weighted by molar-refractivity contribution is 7.15. The van der Waals surface area contributed by atoms with Gasteiger partial charge in [0.25, 0.3) is 0 Å². The Bertz CT molecular complexity index is 310. The normalized spacial score (nSPS) is 17.6. The first-order valence-corrected chi connectivity index (χ1v) is 6.97. The molecule has 0 aliphatic carbocycles. The van der Waals surface area contributed by atoms with Gasteiger partial charge in [-0.1, -0.05) is 6.42 Å². The largest absolute Gasteiger partial charge is 0.360 e. The van der Waals surface area contributed by atoms with Crippen molar-refractivity contribution in [1.29, 1.82) is 0 Å². The van der Waals surface area contributed by atoms with Crippen LogP contribution in [0.5, 0.6) is 0 Å². The van der Waals surface area contributed by atoms with Crippen LogP contribution in [0.15, 0.2) is 0 Å². The highest BCUT2D eigenvalue weighted by Crippen LogP contribution is 2.20. The van der Waals surface area contributed by atoms with E-state index < -0.39 is 0 Å². The van der Waals surface area contributed by atoms with E-state index in [4.69, 9.17) is 0 Å². The van der Waals surface area contributed by atoms with E-state index in [0.29, 0.717) is 0 Å². The van der Waals surface area contributed by atoms with E-state index >= 15 is 0 Å². The fourth-order valence-corrected chi connectivity index (χ4v) is 2.89. The van der Waals surface area contributed by atoms with E-state index in [1.807, 2.05) is 0 Å². The smallest absolute Gasteiger partial charge is 0.183 e. The lowest BCUT2D eigenvalue weighted by molar-refractivity contribution is 0.237. The van der Waals surface area contributed by atoms with Crippen LogP contribution in [0, 0.1) is 13.8 Å². The molecule has 3 nitrogen and oxygen atoms in total. The summed E-state index contributed by atoms with van der Waals surface area (Å²) in [6.07, 6.45) is 4.15. The summed E-state index contributed by atoms with van der Waals surface area (Å²) in [5.41, 5.74) is 1.16. The summed E-state index contributed by atoms with van der Waals surface area (Å²) >= 11 is 1.76. The lowest BCUT2D eigenvalue weighted by Gasteiger charge is -2.26. The molecule has 0 saturated carbocycles. The van der Waals surface area contributed by atoms with Gasteiger partial charge in [0.05, 0.1) is 5.69 Å². The fourth-order valence-electron chi connectivity index (χ4n) is 2.05. The van der Waals surface area contributed by atoms with Crippen LogP contribution in [-0.4, -0.2) is 36.1 Å². The van der Waals surface area contributed by atoms with Gasteiger partial charge >= 0.3 is 0 Å². The van der Waals surface area contributed by atoms with Gasteiger partial charge in [-0.25, -0.2) is 4.98 Å². The Morgan fingerprint density at radius 1 is 1.25 bits per heavy atom. The Kier molecular flexibility index (Phi) is 4.18. The molecule has 1 aromatic rings. The van der Waals surface area contributed by atoms with Gasteiger partial charge in [0.2, 0.25) is 0 Å². The second kappa shape index (κ2) is 5.64. The first kappa shape index (κ1) is 11.9. The summed E-state index contributed by atoms with van der Waals surface area (Å²) in [4.78, 5) is 8.35. The zero-order chi connectivity index (χ0) is 11.4. The molecular weight excluding hydrogens is 218 g/mol. The number of hydrogen-bond acceptors (Lipinski definition) is 4. The number of aromatic nitrogens is 1. The molecule has 1 aromatic heterocycles. The van der Waals surface area contributed by atoms with Crippen molar-refractivity contribution in [1.82, 2.24) is 9.88 Å². The lowest BCUT2D eigenvalue weighted by Crippen LogP contribution is -2.33. The molecule has 1 N–H and O–H groups in total. The maximum Gasteiger partial charge on any atom is 0.183 e. The SMILES string of the molecule is Cc1nc(NCCN2CCCCC2)sc1C. The number of hydrogen-bond donors (Lipinski definition) is 1. The van der Waals surface area contributed by atoms with Crippen molar-refractivity contribution in [3.05, 3.63) is 10.6 Å². The Labute approximate surface area is 102 Å². The maximum absolute atomic E-state index is 4.48. The quantitative estimate of drug-likeness (QED) is 0.875. The van der Waals surface area contributed by atoms with E-state index in [-0.39, 0.29) is 0 Å². The van der Waals surface area contributed by atoms with E-state index in [1.54, 1.807) is 11.3 Å². The summed E-state index contributed by atoms with van der Waals surface area (Å²) in [6, 6.07) is 0. The minimum Gasteiger partial charge on any atom is -0.360 e. The Morgan fingerprint density at radius 3 is 2.62 bits per heavy atom. The lowest BCUT2D eigenvalue weighted by atomic mass is 10.1. The van der Waals surface area contributed by atoms with Crippen molar-refractivity contribution in [3.8, 4) is 0 Å². The summed E-state index contributed by atoms with van der Waals surface area (Å²) in [5.74, 6) is 0. The number of likely N-dealkylation sites (tertiary alicyclic amines) is 1. The van der Waals surface area contributed by atoms with Crippen molar-refractivity contribution < 1.29 is 0 Å². The number of anilines is 1. The van der Waals surface area contributed by atoms with Gasteiger partial charge in [0.1, 0.15) is 0 Å². The van der Waals surface area contributed by atoms with Crippen molar-refractivity contribution in [2.45, 2.75) is 33.1 Å². The van der Waals surface area contributed by atoms with Gasteiger partial charge in [0, 0.05) is 18.0 Å². The highest BCUT2D eigenvalue weighted by Gasteiger charge is 2.09. The van der Waals surface area contributed by atoms with Crippen LogP contribution >= 0.6 is 11.3 Å². The molecule has 0 spiro atoms. The number of piperidine rings is 1. The monoisotopic (exact) mass is 239 g/mol. The van der Waals surface area contributed by atoms with E-state index in [0.717, 1.165) is 23.9 Å². The molecule has 90 valence electrons. The number of thiazole rings is 1. The molecule has 0 radical (unpaired) electrons. The topological polar surface area (TPSA) is 28.2 Å². The molecule has 2 heterocycles. The van der Waals surface area contributed by atoms with Crippen LogP contribution in [0.25, 0.3) is 0 Å². The third kappa shape index (κ3) is 3.19. The molecule has 16 heavy (non-hydrogen) atoms. The molecular formula is C12H21N3S. The summed E-state index contributed by atoms with van der Waals surface area (Å²) in [6.45, 7) is 8.92. The van der Waals surface area contributed by atoms with Gasteiger partial charge in [0.15, 0.2) is 5.13 Å². The fraction of sp³-hybridized carbons (Fsp3) is 0.750. The molecule has 0 unspecified atom stereocenters. The van der Waals surface area contributed by atoms with Crippen molar-refractivity contribution in [2.24, 2.45) is 0 Å². The number of nitrogens with one attached hydrogen (secondary N) is 1. The maximum atomic E-state index is 4.48. The molecule has 0 atom stereocenters. The molecule has 0 bridgehead atoms. The first-order chi connectivity index (χ1) is 7.75. The molecule has 1 aliphatic rings. The van der Waals surface area contributed by atoms with Crippen LogP contribution in [-0.2, 0) is 0 Å². The summed E-state index contributed by atoms with van der Waals surface area (Å²) < 4.78 is 0. The van der Waals surface area contributed by atoms with E-state index in [1.165, 1.54) is 37.2 Å². The minimum absolute atomic E-state index is 1.02. The standard InChI is InChI=1S/C12H21N3S/c1-10-11(2)16-12(14-10)13-6-9-15-7-4-3-5-8-15/h3-9H2,1-2H3,(H,13,14). The number of rotatable bonds is 4. The number of aryl methyl sites for hydroxylation is 2. The van der Waals surface area contributed by atoms with Gasteiger partial charge in [-0.05, 0) is 39.8 Å². The third-order valence-corrected chi connectivity index (χ3v) is 4.21. The Balaban J connectivity index is 1.71. The molecule has 0 aromatic carbocycles. The van der Waals surface area contributed by atoms with Gasteiger partial charge in [-0.3, -0.25) is 0 Å². The van der Waals surface area contributed by atoms with Gasteiger partial charge in [-0.2, -0.15) is 0 Å². The van der Waals surface area contributed by atoms with Crippen LogP contribution in [0.1, 0.15) is 29.8 Å². The summed E-state index contributed by atoms with van der Waals surface area (Å²) in [5, 5.41) is 4.50. The average molecular weight is 239 g/mol. The Morgan fingerprint density at radius 2 is 2.00 bits per heavy atom. The third-order valence-electron chi connectivity index (χ3n) is 3.18. The van der Waals surface area contributed by atoms with E-state index in [2.05, 4.69) is 29.0 Å². The molecule has 1 fully saturated rings. The molecule has 4 heteroatoms. The second-order valence-electron chi connectivity index (χ2n) is 4.49. The molecule has 1 saturated heterocycles. The van der Waals surface area contributed by atoms with E-state index in [9.17, 15) is 0 Å². The zero-order valence-electron chi connectivity index (χ0n) is 10.3. The van der Waals surface area contributed by atoms with Gasteiger partial charge < -0.3 is 10.2 Å². The van der Waals surface area contributed by atoms with Crippen molar-refractivity contribution in [3.63, 3.8) is 0 Å². The molecule has 1 aliphatic heterocycles. The first-order valence-electron chi connectivity index (χ1n) is 6.16. The van der Waals surface area contributed by atoms with Crippen LogP contribution in [0.3, 0.4) is 0 Å². The van der Waals surface area contributed by atoms with Crippen LogP contribution in [0.2, 0.25) is 0 Å². The highest BCUT2D eigenvalue weighted by atomic mass is 32.1. The average Bonchev–Trinajstić information content (AvgIpc) is 2.60. The molecule has 2 rings (SSSR count). The molecule has 0 amide bonds. The van der Waals surface area contributed by atoms with Crippen LogP contribution < -0.4 is 5.32 Å². The zero-order valence-corrected chi connectivity index (χ0v) is 11.1. The second-order valence-corrected chi connectivity index (χ2v) is 5.69. The Hall–Kier alpha value is -0.610. The number of nitrogens with zero attached hydrogens (tertiary/aromatic N) is 2. The predicted octanol–water partition coefficient (Wildman–Crippen LogP) is 2.66.